The minimum atomic E-state index is -3.28. The van der Waals surface area contributed by atoms with Crippen molar-refractivity contribution in [1.82, 2.24) is 13.9 Å². The molecule has 6 heteroatoms. The normalized spacial score (nSPS) is 19.8. The molecule has 0 fully saturated rings. The maximum atomic E-state index is 12.1. The number of fused-ring (bicyclic) bond motifs is 1. The van der Waals surface area contributed by atoms with E-state index in [-0.39, 0.29) is 6.04 Å². The first-order chi connectivity index (χ1) is 9.47. The molecule has 0 radical (unpaired) electrons. The number of imidazole rings is 1. The van der Waals surface area contributed by atoms with E-state index >= 15 is 0 Å². The molecule has 1 aliphatic heterocycles. The van der Waals surface area contributed by atoms with Gasteiger partial charge in [-0.2, -0.15) is 4.31 Å². The summed E-state index contributed by atoms with van der Waals surface area (Å²) in [6.07, 6.45) is 3.05. The van der Waals surface area contributed by atoms with Gasteiger partial charge >= 0.3 is 0 Å². The Hall–Kier alpha value is -1.66. The Morgan fingerprint density at radius 2 is 1.95 bits per heavy atom. The van der Waals surface area contributed by atoms with Crippen LogP contribution in [0.4, 0.5) is 0 Å². The van der Waals surface area contributed by atoms with Crippen LogP contribution in [0.1, 0.15) is 23.1 Å². The molecule has 106 valence electrons. The quantitative estimate of drug-likeness (QED) is 0.846. The molecule has 0 saturated heterocycles. The van der Waals surface area contributed by atoms with Crippen LogP contribution in [-0.4, -0.2) is 28.5 Å². The zero-order valence-electron chi connectivity index (χ0n) is 11.5. The van der Waals surface area contributed by atoms with Crippen molar-refractivity contribution in [2.45, 2.75) is 26.1 Å². The van der Waals surface area contributed by atoms with Crippen LogP contribution in [-0.2, 0) is 23.1 Å². The Morgan fingerprint density at radius 3 is 2.60 bits per heavy atom. The molecule has 5 nitrogen and oxygen atoms in total. The molecule has 0 N–H and O–H groups in total. The van der Waals surface area contributed by atoms with E-state index in [9.17, 15) is 8.42 Å². The zero-order chi connectivity index (χ0) is 14.3. The summed E-state index contributed by atoms with van der Waals surface area (Å²) < 4.78 is 27.8. The average molecular weight is 291 g/mol. The van der Waals surface area contributed by atoms with Crippen LogP contribution in [0, 0.1) is 6.92 Å². The average Bonchev–Trinajstić information content (AvgIpc) is 2.79. The highest BCUT2D eigenvalue weighted by atomic mass is 32.2. The van der Waals surface area contributed by atoms with Gasteiger partial charge in [0.05, 0.1) is 18.8 Å². The number of benzene rings is 1. The van der Waals surface area contributed by atoms with Crippen molar-refractivity contribution < 1.29 is 8.42 Å². The fraction of sp³-hybridized carbons (Fsp3) is 0.357. The van der Waals surface area contributed by atoms with Crippen molar-refractivity contribution in [3.05, 3.63) is 53.6 Å². The van der Waals surface area contributed by atoms with Crippen LogP contribution in [0.15, 0.2) is 36.5 Å². The van der Waals surface area contributed by atoms with Gasteiger partial charge in [-0.25, -0.2) is 13.4 Å². The first kappa shape index (κ1) is 13.3. The maximum absolute atomic E-state index is 12.1. The van der Waals surface area contributed by atoms with E-state index in [1.807, 2.05) is 37.3 Å². The van der Waals surface area contributed by atoms with Crippen molar-refractivity contribution >= 4 is 10.0 Å². The van der Waals surface area contributed by atoms with Gasteiger partial charge in [-0.05, 0) is 12.5 Å². The lowest BCUT2D eigenvalue weighted by atomic mass is 10.1. The molecular weight excluding hydrogens is 274 g/mol. The summed E-state index contributed by atoms with van der Waals surface area (Å²) in [4.78, 5) is 4.31. The first-order valence-corrected chi connectivity index (χ1v) is 8.34. The smallest absolute Gasteiger partial charge is 0.212 e. The third kappa shape index (κ3) is 2.25. The molecular formula is C14H17N3O2S. The Bertz CT molecular complexity index is 722. The van der Waals surface area contributed by atoms with Crippen molar-refractivity contribution in [1.29, 1.82) is 0 Å². The van der Waals surface area contributed by atoms with Crippen LogP contribution in [0.3, 0.4) is 0 Å². The lowest BCUT2D eigenvalue weighted by Crippen LogP contribution is -2.40. The second-order valence-corrected chi connectivity index (χ2v) is 7.10. The summed E-state index contributed by atoms with van der Waals surface area (Å²) in [5.74, 6) is 0.806. The Balaban J connectivity index is 2.08. The summed E-state index contributed by atoms with van der Waals surface area (Å²) in [7, 11) is -3.28. The SMILES string of the molecule is Cc1cnc2n1C[C@@H](c1ccccc1)N(S(C)(=O)=O)C2. The third-order valence-electron chi connectivity index (χ3n) is 3.75. The summed E-state index contributed by atoms with van der Waals surface area (Å²) in [5.41, 5.74) is 2.07. The number of aryl methyl sites for hydroxylation is 1. The lowest BCUT2D eigenvalue weighted by molar-refractivity contribution is 0.243. The highest BCUT2D eigenvalue weighted by molar-refractivity contribution is 7.88. The van der Waals surface area contributed by atoms with Gasteiger partial charge in [0, 0.05) is 18.4 Å². The Kier molecular flexibility index (Phi) is 3.14. The highest BCUT2D eigenvalue weighted by Crippen LogP contribution is 2.31. The number of nitrogens with zero attached hydrogens (tertiary/aromatic N) is 3. The van der Waals surface area contributed by atoms with E-state index in [2.05, 4.69) is 9.55 Å². The van der Waals surface area contributed by atoms with E-state index in [0.717, 1.165) is 17.1 Å². The van der Waals surface area contributed by atoms with Gasteiger partial charge in [0.2, 0.25) is 10.0 Å². The number of rotatable bonds is 2. The molecule has 1 aliphatic rings. The molecule has 2 aromatic rings. The third-order valence-corrected chi connectivity index (χ3v) is 4.98. The molecule has 2 heterocycles. The van der Waals surface area contributed by atoms with Gasteiger partial charge in [-0.1, -0.05) is 30.3 Å². The monoisotopic (exact) mass is 291 g/mol. The van der Waals surface area contributed by atoms with Gasteiger partial charge in [-0.3, -0.25) is 0 Å². The van der Waals surface area contributed by atoms with Crippen LogP contribution < -0.4 is 0 Å². The largest absolute Gasteiger partial charge is 0.329 e. The minimum Gasteiger partial charge on any atom is -0.329 e. The molecule has 0 spiro atoms. The van der Waals surface area contributed by atoms with Gasteiger partial charge in [-0.15, -0.1) is 0 Å². The van der Waals surface area contributed by atoms with Crippen LogP contribution in [0.2, 0.25) is 0 Å². The molecule has 20 heavy (non-hydrogen) atoms. The first-order valence-electron chi connectivity index (χ1n) is 6.49. The second-order valence-electron chi connectivity index (χ2n) is 5.16. The fourth-order valence-electron chi connectivity index (χ4n) is 2.70. The lowest BCUT2D eigenvalue weighted by Gasteiger charge is -2.35. The van der Waals surface area contributed by atoms with Crippen molar-refractivity contribution in [2.75, 3.05) is 6.26 Å². The standard InChI is InChI=1S/C14H17N3O2S/c1-11-8-15-14-10-17(20(2,18)19)13(9-16(11)14)12-6-4-3-5-7-12/h3-8,13H,9-10H2,1-2H3/t13-/m0/s1. The van der Waals surface area contributed by atoms with E-state index in [1.165, 1.54) is 10.6 Å². The van der Waals surface area contributed by atoms with E-state index in [0.29, 0.717) is 13.1 Å². The van der Waals surface area contributed by atoms with Crippen molar-refractivity contribution in [3.63, 3.8) is 0 Å². The Morgan fingerprint density at radius 1 is 1.25 bits per heavy atom. The molecule has 0 aliphatic carbocycles. The second kappa shape index (κ2) is 4.71. The van der Waals surface area contributed by atoms with E-state index in [1.54, 1.807) is 6.20 Å². The number of hydrogen-bond acceptors (Lipinski definition) is 3. The predicted molar refractivity (Wildman–Crippen MR) is 76.5 cm³/mol. The maximum Gasteiger partial charge on any atom is 0.212 e. The number of sulfonamides is 1. The number of hydrogen-bond donors (Lipinski definition) is 0. The molecule has 3 rings (SSSR count). The molecule has 0 amide bonds. The highest BCUT2D eigenvalue weighted by Gasteiger charge is 2.34. The molecule has 0 bridgehead atoms. The van der Waals surface area contributed by atoms with Crippen molar-refractivity contribution in [3.8, 4) is 0 Å². The van der Waals surface area contributed by atoms with Crippen LogP contribution >= 0.6 is 0 Å². The predicted octanol–water partition coefficient (Wildman–Crippen LogP) is 1.71. The zero-order valence-corrected chi connectivity index (χ0v) is 12.3. The summed E-state index contributed by atoms with van der Waals surface area (Å²) in [6.45, 7) is 2.93. The van der Waals surface area contributed by atoms with Crippen LogP contribution in [0.5, 0.6) is 0 Å². The van der Waals surface area contributed by atoms with Gasteiger partial charge < -0.3 is 4.57 Å². The summed E-state index contributed by atoms with van der Waals surface area (Å²) >= 11 is 0. The number of aromatic nitrogens is 2. The minimum absolute atomic E-state index is 0.174. The molecule has 0 saturated carbocycles. The van der Waals surface area contributed by atoms with Gasteiger partial charge in [0.1, 0.15) is 5.82 Å². The van der Waals surface area contributed by atoms with E-state index in [4.69, 9.17) is 0 Å². The van der Waals surface area contributed by atoms with Crippen LogP contribution in [0.25, 0.3) is 0 Å². The molecule has 1 aromatic heterocycles. The molecule has 1 atom stereocenters. The Labute approximate surface area is 118 Å². The van der Waals surface area contributed by atoms with Gasteiger partial charge in [0.25, 0.3) is 0 Å². The molecule has 1 aromatic carbocycles. The summed E-state index contributed by atoms with van der Waals surface area (Å²) in [5, 5.41) is 0. The van der Waals surface area contributed by atoms with Crippen molar-refractivity contribution in [2.24, 2.45) is 0 Å². The van der Waals surface area contributed by atoms with Gasteiger partial charge in [0.15, 0.2) is 0 Å². The fourth-order valence-corrected chi connectivity index (χ4v) is 3.70. The topological polar surface area (TPSA) is 55.2 Å². The molecule has 0 unspecified atom stereocenters. The summed E-state index contributed by atoms with van der Waals surface area (Å²) in [6, 6.07) is 9.58. The van der Waals surface area contributed by atoms with E-state index < -0.39 is 10.0 Å².